The third-order valence-electron chi connectivity index (χ3n) is 9.76. The van der Waals surface area contributed by atoms with Gasteiger partial charge in [0.1, 0.15) is 51.5 Å². The lowest BCUT2D eigenvalue weighted by molar-refractivity contribution is -0.138. The number of aliphatic hydroxyl groups excluding tert-OH is 2. The molecule has 4 aromatic rings. The van der Waals surface area contributed by atoms with Crippen molar-refractivity contribution in [1.82, 2.24) is 4.90 Å². The largest absolute Gasteiger partial charge is 0.506 e. The topological polar surface area (TPSA) is 163 Å². The number of aliphatic imine (C=N–C) groups is 1. The van der Waals surface area contributed by atoms with Crippen molar-refractivity contribution in [2.75, 3.05) is 62.4 Å². The van der Waals surface area contributed by atoms with Crippen LogP contribution in [0.3, 0.4) is 0 Å². The van der Waals surface area contributed by atoms with Crippen molar-refractivity contribution in [3.8, 4) is 23.0 Å². The average molecular weight is 958 g/mol. The van der Waals surface area contributed by atoms with Gasteiger partial charge in [0, 0.05) is 51.5 Å². The van der Waals surface area contributed by atoms with Crippen molar-refractivity contribution in [3.63, 3.8) is 0 Å². The zero-order valence-electron chi connectivity index (χ0n) is 38.6. The first-order valence-electron chi connectivity index (χ1n) is 20.6. The number of aliphatic hydroxyl groups is 2. The van der Waals surface area contributed by atoms with Gasteiger partial charge >= 0.3 is 11.9 Å². The van der Waals surface area contributed by atoms with Crippen molar-refractivity contribution >= 4 is 52.9 Å². The van der Waals surface area contributed by atoms with Crippen LogP contribution in [0.2, 0.25) is 10.0 Å². The number of carbonyl (C=O) groups excluding carboxylic acids is 3. The van der Waals surface area contributed by atoms with Gasteiger partial charge in [0.05, 0.1) is 75.5 Å². The summed E-state index contributed by atoms with van der Waals surface area (Å²) in [6.45, 7) is 7.01. The van der Waals surface area contributed by atoms with E-state index in [-0.39, 0.29) is 82.4 Å². The Morgan fingerprint density at radius 1 is 0.712 bits per heavy atom. The molecule has 0 unspecified atom stereocenters. The second-order valence-corrected chi connectivity index (χ2v) is 15.6. The Bertz CT molecular complexity index is 2440. The smallest absolute Gasteiger partial charge is 0.343 e. The maximum absolute atomic E-state index is 14.6. The summed E-state index contributed by atoms with van der Waals surface area (Å²) < 4.78 is 60.8. The molecule has 0 aliphatic carbocycles. The second-order valence-electron chi connectivity index (χ2n) is 14.8. The van der Waals surface area contributed by atoms with Gasteiger partial charge in [-0.3, -0.25) is 9.79 Å². The molecule has 13 nitrogen and oxygen atoms in total. The molecule has 0 aromatic heterocycles. The molecule has 0 saturated carbocycles. The van der Waals surface area contributed by atoms with Crippen molar-refractivity contribution in [3.05, 3.63) is 133 Å². The molecule has 17 heteroatoms. The molecule has 0 radical (unpaired) electrons. The highest BCUT2D eigenvalue weighted by molar-refractivity contribution is 6.31. The van der Waals surface area contributed by atoms with E-state index in [4.69, 9.17) is 51.6 Å². The number of nitrogens with zero attached hydrogens (tertiary/aromatic N) is 2. The predicted molar refractivity (Wildman–Crippen MR) is 251 cm³/mol. The minimum absolute atomic E-state index is 0.000193. The standard InChI is InChI=1S/C26H31ClFNO6.C23H25ClFNO5/c1-6-35-26(32)19(13-29-21(14-30)15(2)3)25(31)18-11-17(22(33-4)12-23(18)34-5)10-16-8-7-9-20(27)24(16)28;1-6-31-23(28)17(13-26(2)3)22(27)16-11-15(19(29-4)12-20(16)30-5)10-14-8-7-9-18(24)21(14)25/h7-9,11-13,15,21,30-31H,6,10,14H2,1-5H3;7-9,11-13H,6,10H2,1-5H3/t21-;/m1./s1. The molecule has 0 spiro atoms. The zero-order chi connectivity index (χ0) is 49.2. The lowest BCUT2D eigenvalue weighted by Gasteiger charge is -2.17. The van der Waals surface area contributed by atoms with Crippen LogP contribution >= 0.6 is 23.2 Å². The Kier molecular flexibility index (Phi) is 21.4. The Labute approximate surface area is 394 Å². The number of hydrogen-bond acceptors (Lipinski definition) is 13. The zero-order valence-corrected chi connectivity index (χ0v) is 40.1. The van der Waals surface area contributed by atoms with Gasteiger partial charge in [-0.15, -0.1) is 0 Å². The van der Waals surface area contributed by atoms with Crippen LogP contribution in [0.25, 0.3) is 5.76 Å². The van der Waals surface area contributed by atoms with Gasteiger partial charge in [0.25, 0.3) is 0 Å². The Morgan fingerprint density at radius 2 is 1.17 bits per heavy atom. The summed E-state index contributed by atoms with van der Waals surface area (Å²) in [5.41, 5.74) is 1.62. The number of carbonyl (C=O) groups is 3. The molecule has 356 valence electrons. The normalized spacial score (nSPS) is 12.2. The summed E-state index contributed by atoms with van der Waals surface area (Å²) >= 11 is 11.8. The highest BCUT2D eigenvalue weighted by Crippen LogP contribution is 2.37. The van der Waals surface area contributed by atoms with E-state index < -0.39 is 41.2 Å². The van der Waals surface area contributed by atoms with Crippen LogP contribution in [0.1, 0.15) is 65.9 Å². The first kappa shape index (κ1) is 54.2. The minimum Gasteiger partial charge on any atom is -0.506 e. The van der Waals surface area contributed by atoms with Crippen LogP contribution in [-0.4, -0.2) is 107 Å². The molecule has 1 atom stereocenters. The van der Waals surface area contributed by atoms with Crippen LogP contribution in [0, 0.1) is 17.6 Å². The maximum Gasteiger partial charge on any atom is 0.343 e. The monoisotopic (exact) mass is 956 g/mol. The molecule has 0 heterocycles. The summed E-state index contributed by atoms with van der Waals surface area (Å²) in [5.74, 6) is -2.46. The van der Waals surface area contributed by atoms with E-state index >= 15 is 0 Å². The first-order chi connectivity index (χ1) is 31.4. The molecule has 2 N–H and O–H groups in total. The van der Waals surface area contributed by atoms with E-state index in [2.05, 4.69) is 4.99 Å². The van der Waals surface area contributed by atoms with E-state index in [0.717, 1.165) is 0 Å². The molecular weight excluding hydrogens is 901 g/mol. The van der Waals surface area contributed by atoms with Crippen LogP contribution in [0.5, 0.6) is 23.0 Å². The summed E-state index contributed by atoms with van der Waals surface area (Å²) in [5, 5.41) is 20.7. The van der Waals surface area contributed by atoms with Gasteiger partial charge in [-0.2, -0.15) is 0 Å². The number of ketones is 1. The summed E-state index contributed by atoms with van der Waals surface area (Å²) in [4.78, 5) is 44.2. The van der Waals surface area contributed by atoms with Crippen molar-refractivity contribution in [1.29, 1.82) is 0 Å². The quantitative estimate of drug-likeness (QED) is 0.0165. The van der Waals surface area contributed by atoms with Crippen molar-refractivity contribution < 1.29 is 61.8 Å². The molecule has 0 aliphatic heterocycles. The van der Waals surface area contributed by atoms with E-state index in [1.54, 1.807) is 63.2 Å². The SMILES string of the molecule is CCOC(=O)C(=CN(C)C)C(=O)c1cc(Cc2cccc(Cl)c2F)c(OC)cc1OC.CCOC(=O)C(C=N[C@H](CO)C(C)C)=C(O)c1cc(Cc2cccc(Cl)c2F)c(OC)cc1OC. The van der Waals surface area contributed by atoms with Crippen LogP contribution in [0.4, 0.5) is 8.78 Å². The molecule has 0 aliphatic rings. The number of hydrogen-bond donors (Lipinski definition) is 2. The van der Waals surface area contributed by atoms with Crippen LogP contribution < -0.4 is 18.9 Å². The fourth-order valence-corrected chi connectivity index (χ4v) is 6.72. The average Bonchev–Trinajstić information content (AvgIpc) is 3.29. The minimum atomic E-state index is -0.797. The van der Waals surface area contributed by atoms with Gasteiger partial charge in [-0.1, -0.05) is 61.3 Å². The lowest BCUT2D eigenvalue weighted by Crippen LogP contribution is -2.20. The Balaban J connectivity index is 0.000000353. The molecule has 0 saturated heterocycles. The fraction of sp³-hybridized carbons (Fsp3) is 0.347. The highest BCUT2D eigenvalue weighted by Gasteiger charge is 2.27. The summed E-state index contributed by atoms with van der Waals surface area (Å²) in [7, 11) is 9.10. The van der Waals surface area contributed by atoms with Crippen LogP contribution in [0.15, 0.2) is 83.0 Å². The van der Waals surface area contributed by atoms with E-state index in [0.29, 0.717) is 33.8 Å². The third kappa shape index (κ3) is 14.2. The molecule has 4 aromatic carbocycles. The number of Topliss-reactive ketones (excluding diaryl/α,β-unsaturated/α-hetero) is 1. The number of benzene rings is 4. The lowest BCUT2D eigenvalue weighted by atomic mass is 9.96. The number of rotatable bonds is 20. The van der Waals surface area contributed by atoms with Crippen molar-refractivity contribution in [2.45, 2.75) is 46.6 Å². The number of methoxy groups -OCH3 is 4. The van der Waals surface area contributed by atoms with Gasteiger partial charge < -0.3 is 43.5 Å². The van der Waals surface area contributed by atoms with Gasteiger partial charge in [-0.05, 0) is 66.3 Å². The van der Waals surface area contributed by atoms with Crippen LogP contribution in [-0.2, 0) is 31.9 Å². The van der Waals surface area contributed by atoms with Gasteiger partial charge in [0.15, 0.2) is 0 Å². The van der Waals surface area contributed by atoms with E-state index in [1.165, 1.54) is 71.2 Å². The maximum atomic E-state index is 14.6. The summed E-state index contributed by atoms with van der Waals surface area (Å²) in [6, 6.07) is 15.0. The highest BCUT2D eigenvalue weighted by atomic mass is 35.5. The number of halogens is 4. The molecule has 0 bridgehead atoms. The summed E-state index contributed by atoms with van der Waals surface area (Å²) in [6.07, 6.45) is 2.79. The molecular formula is C49H56Cl2F2N2O11. The van der Waals surface area contributed by atoms with E-state index in [1.807, 2.05) is 13.8 Å². The van der Waals surface area contributed by atoms with Gasteiger partial charge in [0.2, 0.25) is 5.78 Å². The second kappa shape index (κ2) is 26.1. The molecule has 66 heavy (non-hydrogen) atoms. The fourth-order valence-electron chi connectivity index (χ4n) is 6.33. The number of esters is 2. The molecule has 0 fully saturated rings. The number of ether oxygens (including phenoxy) is 6. The Hall–Kier alpha value is -6.16. The predicted octanol–water partition coefficient (Wildman–Crippen LogP) is 9.29. The Morgan fingerprint density at radius 3 is 1.59 bits per heavy atom. The molecule has 4 rings (SSSR count). The van der Waals surface area contributed by atoms with E-state index in [9.17, 15) is 33.4 Å². The molecule has 0 amide bonds. The van der Waals surface area contributed by atoms with Crippen molar-refractivity contribution in [2.24, 2.45) is 10.9 Å². The van der Waals surface area contributed by atoms with Gasteiger partial charge in [-0.25, -0.2) is 18.4 Å². The third-order valence-corrected chi connectivity index (χ3v) is 10.3. The first-order valence-corrected chi connectivity index (χ1v) is 21.4.